The highest BCUT2D eigenvalue weighted by molar-refractivity contribution is 5.94. The fraction of sp³-hybridized carbons (Fsp3) is 0.379. The molecule has 0 aliphatic carbocycles. The van der Waals surface area contributed by atoms with Crippen molar-refractivity contribution in [3.05, 3.63) is 60.7 Å². The van der Waals surface area contributed by atoms with Crippen LogP contribution in [0.5, 0.6) is 0 Å². The molecule has 3 aromatic rings. The van der Waals surface area contributed by atoms with Gasteiger partial charge in [0.15, 0.2) is 5.78 Å². The summed E-state index contributed by atoms with van der Waals surface area (Å²) in [6.45, 7) is 19.2. The molecule has 0 fully saturated rings. The third-order valence-electron chi connectivity index (χ3n) is 3.79. The van der Waals surface area contributed by atoms with Crippen LogP contribution >= 0.6 is 0 Å². The molecule has 1 aromatic heterocycles. The number of terminal acetylenes is 1. The van der Waals surface area contributed by atoms with Crippen LogP contribution in [0.25, 0.3) is 21.8 Å². The van der Waals surface area contributed by atoms with Crippen LogP contribution in [0.1, 0.15) is 73.3 Å². The highest BCUT2D eigenvalue weighted by Crippen LogP contribution is 2.22. The molecule has 32 heavy (non-hydrogen) atoms. The molecular weight excluding hydrogens is 392 g/mol. The van der Waals surface area contributed by atoms with Gasteiger partial charge in [-0.25, -0.2) is 4.98 Å². The Morgan fingerprint density at radius 2 is 1.38 bits per heavy atom. The zero-order valence-corrected chi connectivity index (χ0v) is 21.5. The van der Waals surface area contributed by atoms with Crippen molar-refractivity contribution in [3.63, 3.8) is 0 Å². The lowest BCUT2D eigenvalue weighted by atomic mass is 10.1. The van der Waals surface area contributed by atoms with Gasteiger partial charge < -0.3 is 5.73 Å². The second-order valence-corrected chi connectivity index (χ2v) is 6.30. The van der Waals surface area contributed by atoms with E-state index in [-0.39, 0.29) is 5.78 Å². The summed E-state index contributed by atoms with van der Waals surface area (Å²) in [4.78, 5) is 14.3. The van der Waals surface area contributed by atoms with E-state index in [2.05, 4.69) is 69.4 Å². The van der Waals surface area contributed by atoms with E-state index >= 15 is 0 Å². The summed E-state index contributed by atoms with van der Waals surface area (Å²) < 4.78 is 0. The molecule has 0 aliphatic rings. The number of fused-ring (bicyclic) bond motifs is 2. The van der Waals surface area contributed by atoms with Crippen LogP contribution in [0.2, 0.25) is 0 Å². The lowest BCUT2D eigenvalue weighted by Crippen LogP contribution is -1.87. The minimum atomic E-state index is 0.0185. The number of hydrogen-bond donors (Lipinski definition) is 1. The Balaban J connectivity index is -0.000000441. The van der Waals surface area contributed by atoms with Crippen LogP contribution in [0.4, 0.5) is 5.69 Å². The minimum absolute atomic E-state index is 0.0185. The van der Waals surface area contributed by atoms with Crippen LogP contribution in [0, 0.1) is 19.8 Å². The van der Waals surface area contributed by atoms with Crippen LogP contribution in [-0.2, 0) is 4.79 Å². The maximum atomic E-state index is 9.69. The molecule has 3 rings (SSSR count). The molecule has 1 heterocycles. The molecule has 176 valence electrons. The Hall–Kier alpha value is -3.12. The quantitative estimate of drug-likeness (QED) is 0.194. The van der Waals surface area contributed by atoms with E-state index in [0.29, 0.717) is 0 Å². The third kappa shape index (κ3) is 14.8. The highest BCUT2D eigenvalue weighted by atomic mass is 16.1. The second kappa shape index (κ2) is 22.6. The highest BCUT2D eigenvalue weighted by Gasteiger charge is 2.00. The van der Waals surface area contributed by atoms with Crippen molar-refractivity contribution < 1.29 is 4.79 Å². The fourth-order valence-electron chi connectivity index (χ4n) is 2.30. The molecule has 3 nitrogen and oxygen atoms in total. The molecule has 0 saturated heterocycles. The molecule has 2 aromatic carbocycles. The SMILES string of the molecule is C#C.C=CC(C)=O.CC.CC.CCCCC.Cc1ccc2cc3ccc(N)cc3nc2c1. The number of aryl methyl sites for hydroxylation is 1. The van der Waals surface area contributed by atoms with E-state index < -0.39 is 0 Å². The van der Waals surface area contributed by atoms with E-state index in [1.165, 1.54) is 43.2 Å². The van der Waals surface area contributed by atoms with E-state index in [9.17, 15) is 4.79 Å². The molecular formula is C29H44N2O. The monoisotopic (exact) mass is 436 g/mol. The smallest absolute Gasteiger partial charge is 0.152 e. The topological polar surface area (TPSA) is 56.0 Å². The zero-order chi connectivity index (χ0) is 25.5. The standard InChI is InChI=1S/C14H12N2.C5H12.C4H6O.2C2H6.C2H2/c1-9-2-3-10-7-11-4-5-12(15)8-14(11)16-13(10)6-9;1-3-5-4-2;1-3-4(2)5;3*1-2/h2-8H,15H2,1H3;3-5H2,1-2H3;3H,1H2,2H3;2*1-2H3;1-2H. The van der Waals surface area contributed by atoms with Gasteiger partial charge in [-0.05, 0) is 49.8 Å². The summed E-state index contributed by atoms with van der Waals surface area (Å²) in [5, 5.41) is 2.30. The van der Waals surface area contributed by atoms with Gasteiger partial charge in [0.05, 0.1) is 11.0 Å². The number of pyridine rings is 1. The van der Waals surface area contributed by atoms with Gasteiger partial charge in [0, 0.05) is 16.5 Å². The summed E-state index contributed by atoms with van der Waals surface area (Å²) >= 11 is 0. The number of unbranched alkanes of at least 4 members (excludes halogenated alkanes) is 2. The lowest BCUT2D eigenvalue weighted by molar-refractivity contribution is -0.112. The Morgan fingerprint density at radius 3 is 1.78 bits per heavy atom. The Morgan fingerprint density at radius 1 is 0.938 bits per heavy atom. The van der Waals surface area contributed by atoms with Crippen molar-refractivity contribution in [1.29, 1.82) is 0 Å². The summed E-state index contributed by atoms with van der Waals surface area (Å²) in [6, 6.07) is 14.3. The van der Waals surface area contributed by atoms with Gasteiger partial charge in [0.2, 0.25) is 0 Å². The first kappa shape index (κ1) is 33.5. The van der Waals surface area contributed by atoms with Gasteiger partial charge in [-0.3, -0.25) is 4.79 Å². The Labute approximate surface area is 197 Å². The number of benzene rings is 2. The number of nitrogens with zero attached hydrogens (tertiary/aromatic N) is 1. The summed E-state index contributed by atoms with van der Waals surface area (Å²) in [5.41, 5.74) is 9.72. The molecule has 0 radical (unpaired) electrons. The minimum Gasteiger partial charge on any atom is -0.399 e. The number of nitrogen functional groups attached to an aromatic ring is 1. The van der Waals surface area contributed by atoms with Gasteiger partial charge in [0.25, 0.3) is 0 Å². The van der Waals surface area contributed by atoms with Crippen LogP contribution < -0.4 is 5.73 Å². The van der Waals surface area contributed by atoms with Crippen LogP contribution in [0.15, 0.2) is 55.1 Å². The third-order valence-corrected chi connectivity index (χ3v) is 3.79. The number of anilines is 1. The van der Waals surface area contributed by atoms with Crippen molar-refractivity contribution in [2.24, 2.45) is 0 Å². The summed E-state index contributed by atoms with van der Waals surface area (Å²) in [5.74, 6) is 0.0185. The Kier molecular flexibility index (Phi) is 23.6. The molecule has 0 amide bonds. The van der Waals surface area contributed by atoms with E-state index in [1.807, 2.05) is 45.9 Å². The number of allylic oxidation sites excluding steroid dienone is 1. The molecule has 3 heteroatoms. The average Bonchev–Trinajstić information content (AvgIpc) is 2.83. The number of aromatic nitrogens is 1. The van der Waals surface area contributed by atoms with Gasteiger partial charge in [-0.15, -0.1) is 12.8 Å². The fourth-order valence-corrected chi connectivity index (χ4v) is 2.30. The first-order valence-electron chi connectivity index (χ1n) is 11.4. The van der Waals surface area contributed by atoms with Crippen LogP contribution in [0.3, 0.4) is 0 Å². The van der Waals surface area contributed by atoms with Crippen LogP contribution in [-0.4, -0.2) is 10.8 Å². The number of ketones is 1. The normalized spacial score (nSPS) is 8.31. The number of carbonyl (C=O) groups is 1. The first-order valence-corrected chi connectivity index (χ1v) is 11.4. The molecule has 0 spiro atoms. The lowest BCUT2D eigenvalue weighted by Gasteiger charge is -2.03. The van der Waals surface area contributed by atoms with Gasteiger partial charge >= 0.3 is 0 Å². The summed E-state index contributed by atoms with van der Waals surface area (Å²) in [6.07, 6.45) is 13.4. The number of rotatable bonds is 3. The molecule has 0 aliphatic heterocycles. The Bertz CT molecular complexity index is 852. The number of hydrogen-bond acceptors (Lipinski definition) is 3. The van der Waals surface area contributed by atoms with Crippen molar-refractivity contribution in [2.45, 2.75) is 74.7 Å². The molecule has 0 atom stereocenters. The predicted octanol–water partition coefficient (Wildman–Crippen LogP) is 8.54. The van der Waals surface area contributed by atoms with Gasteiger partial charge in [-0.2, -0.15) is 0 Å². The van der Waals surface area contributed by atoms with Gasteiger partial charge in [0.1, 0.15) is 0 Å². The van der Waals surface area contributed by atoms with Crippen molar-refractivity contribution >= 4 is 33.3 Å². The van der Waals surface area contributed by atoms with E-state index in [0.717, 1.165) is 22.1 Å². The van der Waals surface area contributed by atoms with Crippen molar-refractivity contribution in [2.75, 3.05) is 5.73 Å². The van der Waals surface area contributed by atoms with Gasteiger partial charge in [-0.1, -0.05) is 85.6 Å². The molecule has 0 saturated carbocycles. The maximum Gasteiger partial charge on any atom is 0.152 e. The largest absolute Gasteiger partial charge is 0.399 e. The molecule has 0 unspecified atom stereocenters. The van der Waals surface area contributed by atoms with Crippen molar-refractivity contribution in [1.82, 2.24) is 4.98 Å². The zero-order valence-electron chi connectivity index (χ0n) is 21.5. The number of nitrogens with two attached hydrogens (primary N) is 1. The van der Waals surface area contributed by atoms with E-state index in [4.69, 9.17) is 5.73 Å². The number of carbonyl (C=O) groups excluding carboxylic acids is 1. The first-order chi connectivity index (χ1) is 15.4. The maximum absolute atomic E-state index is 9.69. The summed E-state index contributed by atoms with van der Waals surface area (Å²) in [7, 11) is 0. The average molecular weight is 437 g/mol. The molecule has 2 N–H and O–H groups in total. The predicted molar refractivity (Wildman–Crippen MR) is 147 cm³/mol. The second-order valence-electron chi connectivity index (χ2n) is 6.30. The van der Waals surface area contributed by atoms with Crippen molar-refractivity contribution in [3.8, 4) is 12.8 Å². The molecule has 0 bridgehead atoms. The van der Waals surface area contributed by atoms with E-state index in [1.54, 1.807) is 0 Å².